The fourth-order valence-corrected chi connectivity index (χ4v) is 4.61. The number of likely N-dealkylation sites (tertiary alicyclic amines) is 1. The lowest BCUT2D eigenvalue weighted by Gasteiger charge is -2.24. The van der Waals surface area contributed by atoms with Gasteiger partial charge in [-0.25, -0.2) is 0 Å². The van der Waals surface area contributed by atoms with Crippen LogP contribution in [0.2, 0.25) is 4.34 Å². The number of hydrogen-bond donors (Lipinski definition) is 1. The number of nitrogens with zero attached hydrogens (tertiary/aromatic N) is 1. The van der Waals surface area contributed by atoms with Crippen LogP contribution in [0.3, 0.4) is 0 Å². The molecule has 0 spiro atoms. The monoisotopic (exact) mass is 284 g/mol. The van der Waals surface area contributed by atoms with E-state index in [-0.39, 0.29) is 0 Å². The van der Waals surface area contributed by atoms with E-state index >= 15 is 0 Å². The third kappa shape index (κ3) is 2.74. The highest BCUT2D eigenvalue weighted by molar-refractivity contribution is 7.16. The molecule has 1 N–H and O–H groups in total. The Kier molecular flexibility index (Phi) is 3.94. The molecule has 1 aliphatic heterocycles. The first kappa shape index (κ1) is 12.9. The predicted molar refractivity (Wildman–Crippen MR) is 78.7 cm³/mol. The molecule has 2 heterocycles. The van der Waals surface area contributed by atoms with Gasteiger partial charge in [-0.1, -0.05) is 11.6 Å². The van der Waals surface area contributed by atoms with Gasteiger partial charge in [0.05, 0.1) is 4.34 Å². The van der Waals surface area contributed by atoms with Crippen LogP contribution in [0, 0.1) is 0 Å². The van der Waals surface area contributed by atoms with Crippen molar-refractivity contribution in [1.82, 2.24) is 10.2 Å². The molecule has 4 heteroatoms. The Balaban J connectivity index is 1.56. The molecule has 3 rings (SSSR count). The molecule has 0 bridgehead atoms. The van der Waals surface area contributed by atoms with Crippen LogP contribution in [0.5, 0.6) is 0 Å². The molecule has 2 nitrogen and oxygen atoms in total. The second-order valence-corrected chi connectivity index (χ2v) is 7.36. The molecular weight excluding hydrogens is 264 g/mol. The number of nitrogens with one attached hydrogen (secondary N) is 1. The summed E-state index contributed by atoms with van der Waals surface area (Å²) in [5, 5.41) is 3.78. The number of halogens is 1. The zero-order valence-electron chi connectivity index (χ0n) is 10.9. The zero-order valence-corrected chi connectivity index (χ0v) is 12.5. The van der Waals surface area contributed by atoms with Crippen molar-refractivity contribution in [2.24, 2.45) is 0 Å². The minimum Gasteiger partial charge on any atom is -0.306 e. The van der Waals surface area contributed by atoms with Crippen LogP contribution in [-0.2, 0) is 6.42 Å². The van der Waals surface area contributed by atoms with E-state index in [1.54, 1.807) is 11.3 Å². The molecule has 0 radical (unpaired) electrons. The van der Waals surface area contributed by atoms with Crippen LogP contribution in [0.25, 0.3) is 0 Å². The number of rotatable bonds is 4. The quantitative estimate of drug-likeness (QED) is 0.911. The van der Waals surface area contributed by atoms with Gasteiger partial charge in [0.1, 0.15) is 0 Å². The first-order valence-electron chi connectivity index (χ1n) is 6.99. The lowest BCUT2D eigenvalue weighted by atomic mass is 10.1. The molecule has 1 saturated heterocycles. The van der Waals surface area contributed by atoms with Gasteiger partial charge in [0.2, 0.25) is 0 Å². The predicted octanol–water partition coefficient (Wildman–Crippen LogP) is 3.46. The standard InChI is InChI=1S/C14H21ClN2S/c1-10(9-17-6-2-3-7-17)16-12-4-5-13-11(12)8-14(15)18-13/h8,10,12,16H,2-7,9H2,1H3. The third-order valence-electron chi connectivity index (χ3n) is 4.06. The Bertz CT molecular complexity index is 412. The number of fused-ring (bicyclic) bond motifs is 1. The number of hydrogen-bond acceptors (Lipinski definition) is 3. The third-order valence-corrected chi connectivity index (χ3v) is 5.40. The molecule has 1 fully saturated rings. The van der Waals surface area contributed by atoms with Gasteiger partial charge in [-0.3, -0.25) is 0 Å². The second kappa shape index (κ2) is 5.49. The van der Waals surface area contributed by atoms with E-state index < -0.39 is 0 Å². The summed E-state index contributed by atoms with van der Waals surface area (Å²) in [6.07, 6.45) is 5.18. The summed E-state index contributed by atoms with van der Waals surface area (Å²) in [6, 6.07) is 3.26. The largest absolute Gasteiger partial charge is 0.306 e. The lowest BCUT2D eigenvalue weighted by molar-refractivity contribution is 0.286. The molecule has 2 atom stereocenters. The molecule has 1 aromatic rings. The Labute approximate surface area is 118 Å². The topological polar surface area (TPSA) is 15.3 Å². The van der Waals surface area contributed by atoms with Gasteiger partial charge in [-0.2, -0.15) is 0 Å². The maximum Gasteiger partial charge on any atom is 0.0934 e. The Morgan fingerprint density at radius 1 is 1.50 bits per heavy atom. The highest BCUT2D eigenvalue weighted by Gasteiger charge is 2.26. The van der Waals surface area contributed by atoms with Crippen LogP contribution in [0.1, 0.15) is 42.7 Å². The van der Waals surface area contributed by atoms with Crippen molar-refractivity contribution in [2.45, 2.75) is 44.7 Å². The van der Waals surface area contributed by atoms with Crippen LogP contribution < -0.4 is 5.32 Å². The summed E-state index contributed by atoms with van der Waals surface area (Å²) in [7, 11) is 0. The number of aryl methyl sites for hydroxylation is 1. The highest BCUT2D eigenvalue weighted by atomic mass is 35.5. The first-order valence-corrected chi connectivity index (χ1v) is 8.18. The first-order chi connectivity index (χ1) is 8.72. The van der Waals surface area contributed by atoms with Crippen LogP contribution >= 0.6 is 22.9 Å². The zero-order chi connectivity index (χ0) is 12.5. The summed E-state index contributed by atoms with van der Waals surface area (Å²) in [6.45, 7) is 6.06. The molecule has 2 aliphatic rings. The van der Waals surface area contributed by atoms with Crippen LogP contribution in [0.15, 0.2) is 6.07 Å². The van der Waals surface area contributed by atoms with Crippen molar-refractivity contribution in [3.05, 3.63) is 20.8 Å². The van der Waals surface area contributed by atoms with Gasteiger partial charge in [-0.15, -0.1) is 11.3 Å². The summed E-state index contributed by atoms with van der Waals surface area (Å²) < 4.78 is 0.943. The lowest BCUT2D eigenvalue weighted by Crippen LogP contribution is -2.39. The molecule has 18 heavy (non-hydrogen) atoms. The molecule has 1 aliphatic carbocycles. The maximum atomic E-state index is 6.10. The van der Waals surface area contributed by atoms with E-state index in [0.717, 1.165) is 4.34 Å². The van der Waals surface area contributed by atoms with Crippen molar-refractivity contribution >= 4 is 22.9 Å². The SMILES string of the molecule is CC(CN1CCCC1)NC1CCc2sc(Cl)cc21. The fourth-order valence-electron chi connectivity index (χ4n) is 3.25. The van der Waals surface area contributed by atoms with E-state index in [1.165, 1.54) is 55.8 Å². The minimum atomic E-state index is 0.529. The Hall–Kier alpha value is -0.0900. The molecule has 0 aromatic carbocycles. The van der Waals surface area contributed by atoms with E-state index in [2.05, 4.69) is 23.2 Å². The van der Waals surface area contributed by atoms with Crippen molar-refractivity contribution in [3.8, 4) is 0 Å². The molecule has 1 aromatic heterocycles. The van der Waals surface area contributed by atoms with Crippen molar-refractivity contribution in [1.29, 1.82) is 0 Å². The molecule has 0 amide bonds. The molecule has 2 unspecified atom stereocenters. The van der Waals surface area contributed by atoms with E-state index in [4.69, 9.17) is 11.6 Å². The van der Waals surface area contributed by atoms with Gasteiger partial charge < -0.3 is 10.2 Å². The van der Waals surface area contributed by atoms with E-state index in [0.29, 0.717) is 12.1 Å². The van der Waals surface area contributed by atoms with Crippen LogP contribution in [-0.4, -0.2) is 30.6 Å². The summed E-state index contributed by atoms with van der Waals surface area (Å²) in [5.41, 5.74) is 1.46. The van der Waals surface area contributed by atoms with E-state index in [9.17, 15) is 0 Å². The van der Waals surface area contributed by atoms with Crippen LogP contribution in [0.4, 0.5) is 0 Å². The minimum absolute atomic E-state index is 0.529. The fraction of sp³-hybridized carbons (Fsp3) is 0.714. The summed E-state index contributed by atoms with van der Waals surface area (Å²) in [4.78, 5) is 4.07. The summed E-state index contributed by atoms with van der Waals surface area (Å²) >= 11 is 7.86. The summed E-state index contributed by atoms with van der Waals surface area (Å²) in [5.74, 6) is 0. The molecule has 100 valence electrons. The van der Waals surface area contributed by atoms with Crippen molar-refractivity contribution in [3.63, 3.8) is 0 Å². The van der Waals surface area contributed by atoms with Crippen molar-refractivity contribution in [2.75, 3.05) is 19.6 Å². The van der Waals surface area contributed by atoms with Gasteiger partial charge in [0.15, 0.2) is 0 Å². The van der Waals surface area contributed by atoms with Gasteiger partial charge in [0.25, 0.3) is 0 Å². The highest BCUT2D eigenvalue weighted by Crippen LogP contribution is 2.39. The van der Waals surface area contributed by atoms with E-state index in [1.807, 2.05) is 0 Å². The van der Waals surface area contributed by atoms with Gasteiger partial charge in [0, 0.05) is 23.5 Å². The van der Waals surface area contributed by atoms with Gasteiger partial charge >= 0.3 is 0 Å². The smallest absolute Gasteiger partial charge is 0.0934 e. The average Bonchev–Trinajstić information content (AvgIpc) is 2.98. The Morgan fingerprint density at radius 3 is 3.06 bits per heavy atom. The second-order valence-electron chi connectivity index (χ2n) is 5.60. The maximum absolute atomic E-state index is 6.10. The average molecular weight is 285 g/mol. The Morgan fingerprint density at radius 2 is 2.28 bits per heavy atom. The van der Waals surface area contributed by atoms with Gasteiger partial charge in [-0.05, 0) is 57.3 Å². The molecular formula is C14H21ClN2S. The molecule has 0 saturated carbocycles. The number of thiophene rings is 1. The normalized spacial score (nSPS) is 25.6. The van der Waals surface area contributed by atoms with Crippen molar-refractivity contribution < 1.29 is 0 Å².